The van der Waals surface area contributed by atoms with E-state index in [0.29, 0.717) is 19.5 Å². The fraction of sp³-hybridized carbons (Fsp3) is 0.556. The van der Waals surface area contributed by atoms with Crippen LogP contribution < -0.4 is 10.6 Å². The molecule has 0 aliphatic carbocycles. The van der Waals surface area contributed by atoms with Crippen molar-refractivity contribution in [3.63, 3.8) is 0 Å². The van der Waals surface area contributed by atoms with Crippen molar-refractivity contribution < 1.29 is 29.0 Å². The SMILES string of the molecule is C[C@H](CO)NC(=O)C1CC=CCC(CC(=O)N2CCCC2)C(=O)OCC(Cc2ccccc2)NC1=O. The van der Waals surface area contributed by atoms with E-state index in [1.807, 2.05) is 30.3 Å². The topological polar surface area (TPSA) is 125 Å². The molecule has 1 saturated heterocycles. The number of carbonyl (C=O) groups is 4. The van der Waals surface area contributed by atoms with Crippen LogP contribution in [-0.2, 0) is 30.3 Å². The highest BCUT2D eigenvalue weighted by atomic mass is 16.5. The van der Waals surface area contributed by atoms with E-state index in [-0.39, 0.29) is 38.4 Å². The van der Waals surface area contributed by atoms with Gasteiger partial charge in [-0.3, -0.25) is 19.2 Å². The van der Waals surface area contributed by atoms with Crippen LogP contribution >= 0.6 is 0 Å². The smallest absolute Gasteiger partial charge is 0.309 e. The van der Waals surface area contributed by atoms with Crippen LogP contribution in [-0.4, -0.2) is 72.1 Å². The molecule has 9 nitrogen and oxygen atoms in total. The number of benzene rings is 1. The zero-order valence-corrected chi connectivity index (χ0v) is 20.9. The van der Waals surface area contributed by atoms with Crippen molar-refractivity contribution in [2.45, 2.75) is 57.5 Å². The minimum atomic E-state index is -1.01. The number of esters is 1. The monoisotopic (exact) mass is 499 g/mol. The number of aliphatic hydroxyl groups is 1. The molecular weight excluding hydrogens is 462 g/mol. The Morgan fingerprint density at radius 3 is 2.53 bits per heavy atom. The van der Waals surface area contributed by atoms with Gasteiger partial charge in [0.05, 0.1) is 18.6 Å². The molecule has 0 radical (unpaired) electrons. The van der Waals surface area contributed by atoms with E-state index in [1.54, 1.807) is 24.0 Å². The van der Waals surface area contributed by atoms with Crippen molar-refractivity contribution in [1.82, 2.24) is 15.5 Å². The number of cyclic esters (lactones) is 1. The number of nitrogens with one attached hydrogen (secondary N) is 2. The van der Waals surface area contributed by atoms with Crippen LogP contribution in [0.3, 0.4) is 0 Å². The molecule has 2 aliphatic heterocycles. The molecule has 196 valence electrons. The fourth-order valence-corrected chi connectivity index (χ4v) is 4.44. The number of carbonyl (C=O) groups excluding carboxylic acids is 4. The number of hydrogen-bond donors (Lipinski definition) is 3. The summed E-state index contributed by atoms with van der Waals surface area (Å²) in [5.41, 5.74) is 0.946. The Labute approximate surface area is 212 Å². The molecule has 3 amide bonds. The second-order valence-corrected chi connectivity index (χ2v) is 9.60. The highest BCUT2D eigenvalue weighted by molar-refractivity contribution is 6.00. The van der Waals surface area contributed by atoms with Crippen molar-refractivity contribution in [3.8, 4) is 0 Å². The molecule has 3 unspecified atom stereocenters. The first-order chi connectivity index (χ1) is 17.4. The van der Waals surface area contributed by atoms with Gasteiger partial charge in [0.2, 0.25) is 17.7 Å². The molecule has 0 spiro atoms. The van der Waals surface area contributed by atoms with Crippen LogP contribution in [0.2, 0.25) is 0 Å². The van der Waals surface area contributed by atoms with Gasteiger partial charge in [0, 0.05) is 25.6 Å². The van der Waals surface area contributed by atoms with Crippen LogP contribution in [0.15, 0.2) is 42.5 Å². The molecule has 0 saturated carbocycles. The van der Waals surface area contributed by atoms with E-state index >= 15 is 0 Å². The molecule has 0 aromatic heterocycles. The summed E-state index contributed by atoms with van der Waals surface area (Å²) in [5.74, 6) is -3.12. The zero-order chi connectivity index (χ0) is 25.9. The molecule has 9 heteroatoms. The van der Waals surface area contributed by atoms with Gasteiger partial charge in [-0.1, -0.05) is 42.5 Å². The van der Waals surface area contributed by atoms with Crippen LogP contribution in [0.4, 0.5) is 0 Å². The minimum Gasteiger partial charge on any atom is -0.463 e. The van der Waals surface area contributed by atoms with E-state index in [2.05, 4.69) is 10.6 Å². The number of ether oxygens (including phenoxy) is 1. The highest BCUT2D eigenvalue weighted by Gasteiger charge is 2.31. The second kappa shape index (κ2) is 13.8. The Morgan fingerprint density at radius 1 is 1.14 bits per heavy atom. The Balaban J connectivity index is 1.79. The summed E-state index contributed by atoms with van der Waals surface area (Å²) in [5, 5.41) is 14.8. The Kier molecular flexibility index (Phi) is 10.5. The predicted molar refractivity (Wildman–Crippen MR) is 134 cm³/mol. The summed E-state index contributed by atoms with van der Waals surface area (Å²) in [6, 6.07) is 8.45. The van der Waals surface area contributed by atoms with E-state index in [1.165, 1.54) is 0 Å². The van der Waals surface area contributed by atoms with Crippen LogP contribution in [0, 0.1) is 11.8 Å². The molecule has 0 bridgehead atoms. The maximum absolute atomic E-state index is 13.1. The maximum atomic E-state index is 13.1. The number of likely N-dealkylation sites (tertiary alicyclic amines) is 1. The van der Waals surface area contributed by atoms with E-state index in [0.717, 1.165) is 18.4 Å². The standard InChI is InChI=1S/C27H37N3O6/c1-19(17-31)28-25(33)23-12-6-5-11-21(16-24(32)30-13-7-8-14-30)27(35)36-18-22(29-26(23)34)15-20-9-3-2-4-10-20/h2-6,9-10,19,21-23,31H,7-8,11-18H2,1H3,(H,28,33)(H,29,34)/t19-,21?,22?,23?/m1/s1. The van der Waals surface area contributed by atoms with Gasteiger partial charge in [-0.2, -0.15) is 0 Å². The number of nitrogens with zero attached hydrogens (tertiary/aromatic N) is 1. The van der Waals surface area contributed by atoms with Gasteiger partial charge >= 0.3 is 5.97 Å². The zero-order valence-electron chi connectivity index (χ0n) is 20.9. The first kappa shape index (κ1) is 27.4. The highest BCUT2D eigenvalue weighted by Crippen LogP contribution is 2.19. The van der Waals surface area contributed by atoms with E-state index in [4.69, 9.17) is 4.74 Å². The molecule has 2 aliphatic rings. The van der Waals surface area contributed by atoms with Crippen molar-refractivity contribution in [1.29, 1.82) is 0 Å². The quantitative estimate of drug-likeness (QED) is 0.296. The molecule has 2 heterocycles. The third-order valence-corrected chi connectivity index (χ3v) is 6.57. The molecule has 1 aromatic rings. The summed E-state index contributed by atoms with van der Waals surface area (Å²) in [6.07, 6.45) is 6.27. The lowest BCUT2D eigenvalue weighted by Gasteiger charge is -2.25. The number of aliphatic hydroxyl groups excluding tert-OH is 1. The lowest BCUT2D eigenvalue weighted by Crippen LogP contribution is -2.49. The Morgan fingerprint density at radius 2 is 1.83 bits per heavy atom. The average molecular weight is 500 g/mol. The molecule has 3 rings (SSSR count). The van der Waals surface area contributed by atoms with Gasteiger partial charge in [0.25, 0.3) is 0 Å². The Bertz CT molecular complexity index is 929. The number of allylic oxidation sites excluding steroid dienone is 2. The van der Waals surface area contributed by atoms with Crippen molar-refractivity contribution in [2.75, 3.05) is 26.3 Å². The Hall–Kier alpha value is -3.20. The third kappa shape index (κ3) is 8.19. The lowest BCUT2D eigenvalue weighted by molar-refractivity contribution is -0.152. The van der Waals surface area contributed by atoms with Crippen molar-refractivity contribution in [3.05, 3.63) is 48.0 Å². The predicted octanol–water partition coefficient (Wildman–Crippen LogP) is 1.35. The largest absolute Gasteiger partial charge is 0.463 e. The van der Waals surface area contributed by atoms with Crippen LogP contribution in [0.1, 0.15) is 44.6 Å². The molecule has 3 N–H and O–H groups in total. The van der Waals surface area contributed by atoms with Crippen LogP contribution in [0.5, 0.6) is 0 Å². The molecule has 4 atom stereocenters. The van der Waals surface area contributed by atoms with Gasteiger partial charge in [0.15, 0.2) is 0 Å². The summed E-state index contributed by atoms with van der Waals surface area (Å²) in [7, 11) is 0. The van der Waals surface area contributed by atoms with Gasteiger partial charge in [-0.05, 0) is 44.6 Å². The average Bonchev–Trinajstić information content (AvgIpc) is 3.41. The van der Waals surface area contributed by atoms with E-state index in [9.17, 15) is 24.3 Å². The molecule has 1 fully saturated rings. The number of amides is 3. The van der Waals surface area contributed by atoms with Gasteiger partial charge in [0.1, 0.15) is 12.5 Å². The first-order valence-electron chi connectivity index (χ1n) is 12.7. The number of hydrogen-bond acceptors (Lipinski definition) is 6. The first-order valence-corrected chi connectivity index (χ1v) is 12.7. The molecule has 1 aromatic carbocycles. The van der Waals surface area contributed by atoms with Crippen LogP contribution in [0.25, 0.3) is 0 Å². The number of rotatable bonds is 7. The summed E-state index contributed by atoms with van der Waals surface area (Å²) >= 11 is 0. The lowest BCUT2D eigenvalue weighted by atomic mass is 9.97. The van der Waals surface area contributed by atoms with E-state index < -0.39 is 41.7 Å². The van der Waals surface area contributed by atoms with Gasteiger partial charge < -0.3 is 25.4 Å². The summed E-state index contributed by atoms with van der Waals surface area (Å²) in [6.45, 7) is 2.77. The second-order valence-electron chi connectivity index (χ2n) is 9.60. The summed E-state index contributed by atoms with van der Waals surface area (Å²) < 4.78 is 5.61. The normalized spacial score (nSPS) is 24.2. The third-order valence-electron chi connectivity index (χ3n) is 6.57. The fourth-order valence-electron chi connectivity index (χ4n) is 4.44. The summed E-state index contributed by atoms with van der Waals surface area (Å²) in [4.78, 5) is 53.4. The van der Waals surface area contributed by atoms with Gasteiger partial charge in [-0.15, -0.1) is 0 Å². The minimum absolute atomic E-state index is 0.0562. The molecule has 36 heavy (non-hydrogen) atoms. The maximum Gasteiger partial charge on any atom is 0.309 e. The van der Waals surface area contributed by atoms with Crippen molar-refractivity contribution >= 4 is 23.7 Å². The van der Waals surface area contributed by atoms with Gasteiger partial charge in [-0.25, -0.2) is 0 Å². The van der Waals surface area contributed by atoms with Crippen molar-refractivity contribution in [2.24, 2.45) is 11.8 Å². The molecular formula is C27H37N3O6.